The van der Waals surface area contributed by atoms with Crippen LogP contribution in [0.5, 0.6) is 0 Å². The van der Waals surface area contributed by atoms with Gasteiger partial charge in [0.1, 0.15) is 0 Å². The number of nitrogens with two attached hydrogens (primary N) is 1. The van der Waals surface area contributed by atoms with Crippen LogP contribution in [0.2, 0.25) is 0 Å². The fraction of sp³-hybridized carbons (Fsp3) is 0.133. The molecule has 3 aromatic rings. The maximum Gasteiger partial charge on any atom is 0.234 e. The topological polar surface area (TPSA) is 99.0 Å². The van der Waals surface area contributed by atoms with Crippen molar-refractivity contribution < 1.29 is 9.21 Å². The summed E-state index contributed by atoms with van der Waals surface area (Å²) in [7, 11) is 0. The minimum absolute atomic E-state index is 0.139. The number of thioether (sulfide) groups is 1. The van der Waals surface area contributed by atoms with Crippen LogP contribution < -0.4 is 11.2 Å². The number of aryl methyl sites for hydroxylation is 1. The number of hydrogen-bond acceptors (Lipinski definition) is 6. The fourth-order valence-electron chi connectivity index (χ4n) is 2.07. The van der Waals surface area contributed by atoms with Crippen molar-refractivity contribution in [2.75, 3.05) is 16.9 Å². The first kappa shape index (κ1) is 18.0. The smallest absolute Gasteiger partial charge is 0.234 e. The van der Waals surface area contributed by atoms with Crippen LogP contribution in [-0.4, -0.2) is 26.5 Å². The number of carbonyl (C=O) groups is 1. The number of benzene rings is 1. The zero-order valence-electron chi connectivity index (χ0n) is 13.0. The lowest BCUT2D eigenvalue weighted by Gasteiger charge is -2.10. The predicted molar refractivity (Wildman–Crippen MR) is 104 cm³/mol. The molecule has 1 aromatic carbocycles. The number of nitrogens with one attached hydrogen (secondary N) is 1. The number of hydrogen-bond donors (Lipinski definition) is 2. The normalized spacial score (nSPS) is 10.8. The largest absolute Gasteiger partial charge is 0.461 e. The average Bonchev–Trinajstić information content (AvgIpc) is 3.18. The Morgan fingerprint density at radius 3 is 2.72 bits per heavy atom. The molecule has 10 heteroatoms. The molecule has 0 saturated carbocycles. The number of anilines is 1. The summed E-state index contributed by atoms with van der Waals surface area (Å²) < 4.78 is 8.16. The van der Waals surface area contributed by atoms with Gasteiger partial charge in [-0.25, -0.2) is 4.68 Å². The molecule has 0 saturated heterocycles. The third-order valence-corrected chi connectivity index (χ3v) is 5.38. The van der Waals surface area contributed by atoms with Crippen LogP contribution >= 0.6 is 43.6 Å². The second-order valence-corrected chi connectivity index (χ2v) is 7.75. The maximum atomic E-state index is 12.2. The van der Waals surface area contributed by atoms with Gasteiger partial charge in [-0.1, -0.05) is 11.8 Å². The van der Waals surface area contributed by atoms with Gasteiger partial charge in [0.15, 0.2) is 5.76 Å². The minimum Gasteiger partial charge on any atom is -0.461 e. The SMILES string of the molecule is Cc1cc(Br)c(NC(=O)CSc2nnc(-c3ccco3)n2N)c(Br)c1. The highest BCUT2D eigenvalue weighted by Gasteiger charge is 2.16. The van der Waals surface area contributed by atoms with E-state index in [-0.39, 0.29) is 11.7 Å². The summed E-state index contributed by atoms with van der Waals surface area (Å²) in [6.45, 7) is 1.97. The second-order valence-electron chi connectivity index (χ2n) is 5.09. The van der Waals surface area contributed by atoms with Crippen molar-refractivity contribution >= 4 is 55.2 Å². The Hall–Kier alpha value is -1.78. The molecular weight excluding hydrogens is 474 g/mol. The molecule has 0 atom stereocenters. The number of furan rings is 1. The van der Waals surface area contributed by atoms with Gasteiger partial charge in [-0.3, -0.25) is 4.79 Å². The molecule has 0 fully saturated rings. The Balaban J connectivity index is 1.66. The van der Waals surface area contributed by atoms with E-state index in [0.717, 1.165) is 14.5 Å². The molecule has 3 rings (SSSR count). The van der Waals surface area contributed by atoms with E-state index < -0.39 is 0 Å². The van der Waals surface area contributed by atoms with Crippen LogP contribution in [0.1, 0.15) is 5.56 Å². The predicted octanol–water partition coefficient (Wildman–Crippen LogP) is 3.82. The van der Waals surface area contributed by atoms with Crippen LogP contribution in [-0.2, 0) is 4.79 Å². The molecule has 0 spiro atoms. The van der Waals surface area contributed by atoms with Gasteiger partial charge in [0.2, 0.25) is 16.9 Å². The molecule has 3 N–H and O–H groups in total. The molecule has 0 aliphatic carbocycles. The number of rotatable bonds is 5. The van der Waals surface area contributed by atoms with Crippen molar-refractivity contribution in [3.05, 3.63) is 45.0 Å². The highest BCUT2D eigenvalue weighted by Crippen LogP contribution is 2.32. The molecule has 130 valence electrons. The number of nitrogens with zero attached hydrogens (tertiary/aromatic N) is 3. The lowest BCUT2D eigenvalue weighted by atomic mass is 10.2. The third-order valence-electron chi connectivity index (χ3n) is 3.19. The summed E-state index contributed by atoms with van der Waals surface area (Å²) in [5.74, 6) is 6.83. The molecule has 1 amide bonds. The van der Waals surface area contributed by atoms with Gasteiger partial charge in [-0.05, 0) is 68.6 Å². The molecular formula is C15H13Br2N5O2S. The van der Waals surface area contributed by atoms with Gasteiger partial charge in [0.05, 0.1) is 17.7 Å². The van der Waals surface area contributed by atoms with Gasteiger partial charge in [0.25, 0.3) is 0 Å². The van der Waals surface area contributed by atoms with Crippen molar-refractivity contribution in [3.63, 3.8) is 0 Å². The molecule has 0 aliphatic heterocycles. The first-order valence-electron chi connectivity index (χ1n) is 7.08. The Bertz CT molecular complexity index is 888. The first-order valence-corrected chi connectivity index (χ1v) is 9.65. The van der Waals surface area contributed by atoms with Crippen molar-refractivity contribution in [1.29, 1.82) is 0 Å². The Morgan fingerprint density at radius 1 is 1.36 bits per heavy atom. The molecule has 2 heterocycles. The lowest BCUT2D eigenvalue weighted by molar-refractivity contribution is -0.113. The van der Waals surface area contributed by atoms with Gasteiger partial charge in [-0.15, -0.1) is 10.2 Å². The monoisotopic (exact) mass is 485 g/mol. The van der Waals surface area contributed by atoms with Crippen molar-refractivity contribution in [3.8, 4) is 11.6 Å². The fourth-order valence-corrected chi connectivity index (χ4v) is 4.34. The Morgan fingerprint density at radius 2 is 2.08 bits per heavy atom. The van der Waals surface area contributed by atoms with E-state index in [1.165, 1.54) is 22.7 Å². The van der Waals surface area contributed by atoms with Crippen LogP contribution in [0.3, 0.4) is 0 Å². The second kappa shape index (κ2) is 7.63. The summed E-state index contributed by atoms with van der Waals surface area (Å²) in [5, 5.41) is 11.3. The van der Waals surface area contributed by atoms with E-state index in [9.17, 15) is 4.79 Å². The standard InChI is InChI=1S/C15H13Br2N5O2S/c1-8-5-9(16)13(10(17)6-8)19-12(23)7-25-15-21-20-14(22(15)18)11-3-2-4-24-11/h2-6H,7,18H2,1H3,(H,19,23). The quantitative estimate of drug-likeness (QED) is 0.420. The van der Waals surface area contributed by atoms with E-state index in [1.54, 1.807) is 12.1 Å². The molecule has 2 aromatic heterocycles. The molecule has 0 unspecified atom stereocenters. The lowest BCUT2D eigenvalue weighted by Crippen LogP contribution is -2.17. The van der Waals surface area contributed by atoms with Crippen molar-refractivity contribution in [2.24, 2.45) is 0 Å². The number of halogens is 2. The van der Waals surface area contributed by atoms with Crippen LogP contribution in [0.15, 0.2) is 49.0 Å². The molecule has 25 heavy (non-hydrogen) atoms. The molecule has 7 nitrogen and oxygen atoms in total. The Labute approximate surface area is 164 Å². The van der Waals surface area contributed by atoms with E-state index in [2.05, 4.69) is 47.4 Å². The minimum atomic E-state index is -0.183. The van der Waals surface area contributed by atoms with Crippen molar-refractivity contribution in [2.45, 2.75) is 12.1 Å². The summed E-state index contributed by atoms with van der Waals surface area (Å²) in [6, 6.07) is 7.34. The van der Waals surface area contributed by atoms with E-state index >= 15 is 0 Å². The third kappa shape index (κ3) is 4.07. The summed E-state index contributed by atoms with van der Waals surface area (Å²) >= 11 is 8.09. The molecule has 0 bridgehead atoms. The van der Waals surface area contributed by atoms with Crippen LogP contribution in [0.4, 0.5) is 5.69 Å². The van der Waals surface area contributed by atoms with E-state index in [0.29, 0.717) is 22.4 Å². The number of nitrogen functional groups attached to an aromatic ring is 1. The maximum absolute atomic E-state index is 12.2. The van der Waals surface area contributed by atoms with Gasteiger partial charge in [0, 0.05) is 8.95 Å². The number of carbonyl (C=O) groups excluding carboxylic acids is 1. The van der Waals surface area contributed by atoms with Gasteiger partial charge < -0.3 is 15.6 Å². The van der Waals surface area contributed by atoms with Gasteiger partial charge >= 0.3 is 0 Å². The average molecular weight is 487 g/mol. The highest BCUT2D eigenvalue weighted by atomic mass is 79.9. The first-order chi connectivity index (χ1) is 12.0. The molecule has 0 aliphatic rings. The van der Waals surface area contributed by atoms with E-state index in [4.69, 9.17) is 10.3 Å². The number of amides is 1. The zero-order valence-corrected chi connectivity index (χ0v) is 17.0. The number of aromatic nitrogens is 3. The highest BCUT2D eigenvalue weighted by molar-refractivity contribution is 9.11. The molecule has 0 radical (unpaired) electrons. The summed E-state index contributed by atoms with van der Waals surface area (Å²) in [6.07, 6.45) is 1.53. The summed E-state index contributed by atoms with van der Waals surface area (Å²) in [4.78, 5) is 12.2. The Kier molecular flexibility index (Phi) is 5.50. The van der Waals surface area contributed by atoms with Crippen LogP contribution in [0, 0.1) is 6.92 Å². The van der Waals surface area contributed by atoms with E-state index in [1.807, 2.05) is 19.1 Å². The summed E-state index contributed by atoms with van der Waals surface area (Å²) in [5.41, 5.74) is 1.76. The zero-order chi connectivity index (χ0) is 18.0. The van der Waals surface area contributed by atoms with Gasteiger partial charge in [-0.2, -0.15) is 0 Å². The van der Waals surface area contributed by atoms with Crippen molar-refractivity contribution in [1.82, 2.24) is 14.9 Å². The van der Waals surface area contributed by atoms with Crippen LogP contribution in [0.25, 0.3) is 11.6 Å².